The molecule has 0 saturated carbocycles. The Balaban J connectivity index is 3.07. The maximum atomic E-state index is 12.4. The molecule has 0 aliphatic heterocycles. The quantitative estimate of drug-likeness (QED) is 0.581. The van der Waals surface area contributed by atoms with Crippen LogP contribution in [0.1, 0.15) is 38.7 Å². The van der Waals surface area contributed by atoms with E-state index in [1.54, 1.807) is 32.9 Å². The molecule has 3 N–H and O–H groups in total. The van der Waals surface area contributed by atoms with Crippen LogP contribution in [0.4, 0.5) is 0 Å². The highest BCUT2D eigenvalue weighted by Crippen LogP contribution is 2.25. The molecule has 0 saturated heterocycles. The summed E-state index contributed by atoms with van der Waals surface area (Å²) in [6.45, 7) is 5.29. The van der Waals surface area contributed by atoms with Gasteiger partial charge in [0.1, 0.15) is 5.60 Å². The fourth-order valence-electron chi connectivity index (χ4n) is 1.91. The number of hydrogen-bond donors (Lipinski definition) is 2. The predicted octanol–water partition coefficient (Wildman–Crippen LogP) is 2.52. The molecule has 0 aliphatic rings. The van der Waals surface area contributed by atoms with E-state index in [1.807, 2.05) is 12.1 Å². The van der Waals surface area contributed by atoms with E-state index >= 15 is 0 Å². The molecule has 21 heavy (non-hydrogen) atoms. The Labute approximate surface area is 138 Å². The SMILES string of the molecule is CC(C)(C)OC(=O)C(c1ccc(I)cc1)[C@H](N)CC(=O)O. The van der Waals surface area contributed by atoms with Gasteiger partial charge in [-0.15, -0.1) is 0 Å². The van der Waals surface area contributed by atoms with E-state index < -0.39 is 29.5 Å². The summed E-state index contributed by atoms with van der Waals surface area (Å²) in [5.41, 5.74) is 5.94. The highest BCUT2D eigenvalue weighted by Gasteiger charge is 2.32. The van der Waals surface area contributed by atoms with Crippen molar-refractivity contribution in [2.24, 2.45) is 5.73 Å². The lowest BCUT2D eigenvalue weighted by Gasteiger charge is -2.27. The Morgan fingerprint density at radius 1 is 1.29 bits per heavy atom. The van der Waals surface area contributed by atoms with Crippen molar-refractivity contribution < 1.29 is 19.4 Å². The molecule has 6 heteroatoms. The van der Waals surface area contributed by atoms with Gasteiger partial charge in [0.15, 0.2) is 0 Å². The monoisotopic (exact) mass is 405 g/mol. The summed E-state index contributed by atoms with van der Waals surface area (Å²) in [6, 6.07) is 6.41. The molecule has 0 spiro atoms. The van der Waals surface area contributed by atoms with Crippen molar-refractivity contribution in [1.29, 1.82) is 0 Å². The number of carboxylic acids is 1. The van der Waals surface area contributed by atoms with E-state index in [2.05, 4.69) is 22.6 Å². The Bertz CT molecular complexity index is 507. The zero-order valence-electron chi connectivity index (χ0n) is 12.3. The Morgan fingerprint density at radius 3 is 2.24 bits per heavy atom. The zero-order valence-corrected chi connectivity index (χ0v) is 14.5. The van der Waals surface area contributed by atoms with Gasteiger partial charge in [-0.05, 0) is 61.1 Å². The van der Waals surface area contributed by atoms with Crippen LogP contribution >= 0.6 is 22.6 Å². The molecule has 1 aromatic rings. The maximum absolute atomic E-state index is 12.4. The van der Waals surface area contributed by atoms with Gasteiger partial charge in [-0.3, -0.25) is 9.59 Å². The first-order chi connectivity index (χ1) is 9.60. The van der Waals surface area contributed by atoms with Crippen LogP contribution in [0.3, 0.4) is 0 Å². The summed E-state index contributed by atoms with van der Waals surface area (Å²) in [6.07, 6.45) is -0.296. The average Bonchev–Trinajstić information content (AvgIpc) is 2.28. The molecule has 1 aromatic carbocycles. The third-order valence-corrected chi connectivity index (χ3v) is 3.45. The molecule has 5 nitrogen and oxygen atoms in total. The Kier molecular flexibility index (Phi) is 6.15. The van der Waals surface area contributed by atoms with E-state index in [1.165, 1.54) is 0 Å². The van der Waals surface area contributed by atoms with Crippen molar-refractivity contribution >= 4 is 34.5 Å². The van der Waals surface area contributed by atoms with Crippen molar-refractivity contribution in [2.75, 3.05) is 0 Å². The number of aliphatic carboxylic acids is 1. The van der Waals surface area contributed by atoms with Crippen molar-refractivity contribution in [2.45, 2.75) is 44.8 Å². The lowest BCUT2D eigenvalue weighted by molar-refractivity contribution is -0.157. The molecule has 0 bridgehead atoms. The van der Waals surface area contributed by atoms with Gasteiger partial charge < -0.3 is 15.6 Å². The predicted molar refractivity (Wildman–Crippen MR) is 88.0 cm³/mol. The van der Waals surface area contributed by atoms with E-state index in [9.17, 15) is 9.59 Å². The Morgan fingerprint density at radius 2 is 1.81 bits per heavy atom. The number of hydrogen-bond acceptors (Lipinski definition) is 4. The minimum atomic E-state index is -1.04. The molecule has 0 aromatic heterocycles. The van der Waals surface area contributed by atoms with Crippen molar-refractivity contribution in [3.05, 3.63) is 33.4 Å². The summed E-state index contributed by atoms with van der Waals surface area (Å²) in [5, 5.41) is 8.90. The minimum Gasteiger partial charge on any atom is -0.481 e. The van der Waals surface area contributed by atoms with Crippen LogP contribution in [0.15, 0.2) is 24.3 Å². The largest absolute Gasteiger partial charge is 0.481 e. The van der Waals surface area contributed by atoms with Crippen molar-refractivity contribution in [3.63, 3.8) is 0 Å². The zero-order chi connectivity index (χ0) is 16.2. The van der Waals surface area contributed by atoms with Gasteiger partial charge in [0.05, 0.1) is 12.3 Å². The van der Waals surface area contributed by atoms with Crippen LogP contribution in [0.25, 0.3) is 0 Å². The number of halogens is 1. The van der Waals surface area contributed by atoms with Gasteiger partial charge in [-0.25, -0.2) is 0 Å². The van der Waals surface area contributed by atoms with Crippen LogP contribution in [0.5, 0.6) is 0 Å². The number of rotatable bonds is 5. The fraction of sp³-hybridized carbons (Fsp3) is 0.467. The van der Waals surface area contributed by atoms with E-state index in [0.29, 0.717) is 5.56 Å². The van der Waals surface area contributed by atoms with Crippen LogP contribution in [-0.2, 0) is 14.3 Å². The summed E-state index contributed by atoms with van der Waals surface area (Å²) in [7, 11) is 0. The average molecular weight is 405 g/mol. The van der Waals surface area contributed by atoms with Crippen LogP contribution in [-0.4, -0.2) is 28.7 Å². The topological polar surface area (TPSA) is 89.6 Å². The smallest absolute Gasteiger partial charge is 0.315 e. The van der Waals surface area contributed by atoms with Gasteiger partial charge in [0.25, 0.3) is 0 Å². The molecule has 2 atom stereocenters. The first kappa shape index (κ1) is 17.9. The minimum absolute atomic E-state index is 0.296. The van der Waals surface area contributed by atoms with Gasteiger partial charge in [0.2, 0.25) is 0 Å². The highest BCUT2D eigenvalue weighted by atomic mass is 127. The van der Waals surface area contributed by atoms with Gasteiger partial charge in [-0.1, -0.05) is 12.1 Å². The highest BCUT2D eigenvalue weighted by molar-refractivity contribution is 14.1. The standard InChI is InChI=1S/C15H20INO4/c1-15(2,3)21-14(20)13(11(17)8-12(18)19)9-4-6-10(16)7-5-9/h4-7,11,13H,8,17H2,1-3H3,(H,18,19)/t11-,13?/m1/s1. The second-order valence-corrected chi connectivity index (χ2v) is 7.07. The molecule has 0 aliphatic carbocycles. The molecule has 1 rings (SSSR count). The van der Waals surface area contributed by atoms with Crippen molar-refractivity contribution in [3.8, 4) is 0 Å². The maximum Gasteiger partial charge on any atom is 0.315 e. The molecule has 1 unspecified atom stereocenters. The lowest BCUT2D eigenvalue weighted by atomic mass is 9.90. The Hall–Kier alpha value is -1.15. The first-order valence-electron chi connectivity index (χ1n) is 6.56. The molecular formula is C15H20INO4. The van der Waals surface area contributed by atoms with Crippen LogP contribution < -0.4 is 5.73 Å². The normalized spacial score (nSPS) is 14.3. The van der Waals surface area contributed by atoms with Gasteiger partial charge >= 0.3 is 11.9 Å². The summed E-state index contributed by atoms with van der Waals surface area (Å²) < 4.78 is 6.39. The van der Waals surface area contributed by atoms with E-state index in [0.717, 1.165) is 3.57 Å². The molecule has 0 heterocycles. The number of nitrogens with two attached hydrogens (primary N) is 1. The van der Waals surface area contributed by atoms with Gasteiger partial charge in [-0.2, -0.15) is 0 Å². The number of esters is 1. The summed E-state index contributed by atoms with van der Waals surface area (Å²) in [4.78, 5) is 23.2. The number of carbonyl (C=O) groups excluding carboxylic acids is 1. The summed E-state index contributed by atoms with van der Waals surface area (Å²) >= 11 is 2.16. The van der Waals surface area contributed by atoms with E-state index in [-0.39, 0.29) is 6.42 Å². The number of benzene rings is 1. The molecule has 0 radical (unpaired) electrons. The third kappa shape index (κ3) is 6.01. The fourth-order valence-corrected chi connectivity index (χ4v) is 2.27. The molecular weight excluding hydrogens is 385 g/mol. The lowest BCUT2D eigenvalue weighted by Crippen LogP contribution is -2.39. The molecule has 116 valence electrons. The molecule has 0 fully saturated rings. The first-order valence-corrected chi connectivity index (χ1v) is 7.64. The number of carboxylic acid groups (broad SMARTS) is 1. The second-order valence-electron chi connectivity index (χ2n) is 5.82. The van der Waals surface area contributed by atoms with Crippen LogP contribution in [0.2, 0.25) is 0 Å². The second kappa shape index (κ2) is 7.22. The van der Waals surface area contributed by atoms with Crippen molar-refractivity contribution in [1.82, 2.24) is 0 Å². The third-order valence-electron chi connectivity index (χ3n) is 2.73. The van der Waals surface area contributed by atoms with Crippen LogP contribution in [0, 0.1) is 3.57 Å². The summed E-state index contributed by atoms with van der Waals surface area (Å²) in [5.74, 6) is -2.34. The number of ether oxygens (including phenoxy) is 1. The number of carbonyl (C=O) groups is 2. The molecule has 0 amide bonds. The van der Waals surface area contributed by atoms with E-state index in [4.69, 9.17) is 15.6 Å². The van der Waals surface area contributed by atoms with Gasteiger partial charge in [0, 0.05) is 9.61 Å².